The molecule has 0 N–H and O–H groups in total. The Morgan fingerprint density at radius 3 is 1.18 bits per heavy atom. The number of oxazole rings is 1. The van der Waals surface area contributed by atoms with Gasteiger partial charge >= 0.3 is 0 Å². The Bertz CT molecular complexity index is 2290. The van der Waals surface area contributed by atoms with Crippen molar-refractivity contribution in [1.29, 1.82) is 0 Å². The van der Waals surface area contributed by atoms with Crippen molar-refractivity contribution in [3.63, 3.8) is 0 Å². The molecule has 1 aromatic heterocycles. The van der Waals surface area contributed by atoms with Gasteiger partial charge in [-0.3, -0.25) is 0 Å². The molecule has 0 unspecified atom stereocenters. The first-order valence-corrected chi connectivity index (χ1v) is 16.5. The third-order valence-electron chi connectivity index (χ3n) is 9.02. The van der Waals surface area contributed by atoms with Crippen LogP contribution in [0.4, 0.5) is 34.1 Å². The highest BCUT2D eigenvalue weighted by Gasteiger charge is 2.21. The van der Waals surface area contributed by atoms with Crippen LogP contribution < -0.4 is 9.80 Å². The molecule has 0 bridgehead atoms. The van der Waals surface area contributed by atoms with E-state index in [0.717, 1.165) is 72.3 Å². The minimum absolute atomic E-state index is 0.603. The van der Waals surface area contributed by atoms with Gasteiger partial charge in [0, 0.05) is 50.5 Å². The minimum Gasteiger partial charge on any atom is -0.435 e. The highest BCUT2D eigenvalue weighted by molar-refractivity contribution is 6.24. The van der Waals surface area contributed by atoms with Gasteiger partial charge in [0.2, 0.25) is 5.89 Å². The molecule has 0 aliphatic heterocycles. The first-order valence-electron chi connectivity index (χ1n) is 16.5. The number of nitrogens with zero attached hydrogens (tertiary/aromatic N) is 3. The first kappa shape index (κ1) is 28.6. The number of rotatable bonds is 7. The van der Waals surface area contributed by atoms with Gasteiger partial charge in [-0.2, -0.15) is 0 Å². The summed E-state index contributed by atoms with van der Waals surface area (Å²) in [6, 6.07) is 65.4. The lowest BCUT2D eigenvalue weighted by Crippen LogP contribution is -2.10. The zero-order valence-corrected chi connectivity index (χ0v) is 26.6. The normalized spacial score (nSPS) is 11.3. The summed E-state index contributed by atoms with van der Waals surface area (Å²) in [4.78, 5) is 9.77. The van der Waals surface area contributed by atoms with E-state index in [9.17, 15) is 0 Å². The highest BCUT2D eigenvalue weighted by atomic mass is 16.3. The molecule has 49 heavy (non-hydrogen) atoms. The number of fused-ring (bicyclic) bond motifs is 6. The van der Waals surface area contributed by atoms with Gasteiger partial charge in [-0.15, -0.1) is 0 Å². The summed E-state index contributed by atoms with van der Waals surface area (Å²) >= 11 is 0. The summed E-state index contributed by atoms with van der Waals surface area (Å²) in [7, 11) is 0. The Labute approximate surface area is 284 Å². The second kappa shape index (κ2) is 12.2. The van der Waals surface area contributed by atoms with Gasteiger partial charge in [0.15, 0.2) is 5.58 Å². The van der Waals surface area contributed by atoms with Crippen LogP contribution in [0.3, 0.4) is 0 Å². The zero-order chi connectivity index (χ0) is 32.6. The first-order chi connectivity index (χ1) is 24.3. The lowest BCUT2D eigenvalue weighted by molar-refractivity contribution is 0.623. The Balaban J connectivity index is 1.31. The molecule has 0 saturated carbocycles. The predicted octanol–water partition coefficient (Wildman–Crippen LogP) is 12.7. The number of hydrogen-bond donors (Lipinski definition) is 0. The van der Waals surface area contributed by atoms with Gasteiger partial charge in [-0.05, 0) is 95.7 Å². The van der Waals surface area contributed by atoms with E-state index >= 15 is 0 Å². The average Bonchev–Trinajstić information content (AvgIpc) is 3.64. The maximum absolute atomic E-state index is 6.75. The number of benzene rings is 8. The van der Waals surface area contributed by atoms with Crippen LogP contribution in [0.2, 0.25) is 0 Å². The molecule has 0 amide bonds. The molecule has 232 valence electrons. The van der Waals surface area contributed by atoms with Gasteiger partial charge in [0.25, 0.3) is 0 Å². The second-order valence-electron chi connectivity index (χ2n) is 12.0. The van der Waals surface area contributed by atoms with Crippen LogP contribution >= 0.6 is 0 Å². The topological polar surface area (TPSA) is 32.5 Å². The molecule has 9 rings (SSSR count). The SMILES string of the molecule is c1ccc(-c2nc3c4cc(N(c5ccccc5)c5ccccc5)ccc4c4ccc(N(c5ccccc5)c5ccccc5)cc4c3o2)cc1. The fourth-order valence-corrected chi connectivity index (χ4v) is 6.79. The summed E-state index contributed by atoms with van der Waals surface area (Å²) in [5, 5.41) is 4.29. The molecule has 0 atom stereocenters. The molecular weight excluding hydrogens is 599 g/mol. The number of para-hydroxylation sites is 4. The van der Waals surface area contributed by atoms with E-state index in [-0.39, 0.29) is 0 Å². The summed E-state index contributed by atoms with van der Waals surface area (Å²) in [5.41, 5.74) is 8.98. The molecular formula is C45H31N3O. The summed E-state index contributed by atoms with van der Waals surface area (Å²) in [6.45, 7) is 0. The third kappa shape index (κ3) is 5.16. The monoisotopic (exact) mass is 629 g/mol. The fourth-order valence-electron chi connectivity index (χ4n) is 6.79. The van der Waals surface area contributed by atoms with E-state index < -0.39 is 0 Å². The Hall–Kier alpha value is -6.65. The lowest BCUT2D eigenvalue weighted by atomic mass is 9.98. The van der Waals surface area contributed by atoms with Crippen LogP contribution in [0, 0.1) is 0 Å². The molecule has 8 aromatic carbocycles. The highest BCUT2D eigenvalue weighted by Crippen LogP contribution is 2.44. The van der Waals surface area contributed by atoms with Crippen LogP contribution in [0.25, 0.3) is 44.1 Å². The molecule has 0 aliphatic rings. The predicted molar refractivity (Wildman–Crippen MR) is 204 cm³/mol. The number of anilines is 6. The quantitative estimate of drug-likeness (QED) is 0.164. The van der Waals surface area contributed by atoms with Gasteiger partial charge in [0.05, 0.1) is 0 Å². The van der Waals surface area contributed by atoms with Crippen LogP contribution in [0.5, 0.6) is 0 Å². The average molecular weight is 630 g/mol. The van der Waals surface area contributed by atoms with E-state index in [0.29, 0.717) is 5.89 Å². The van der Waals surface area contributed by atoms with E-state index in [4.69, 9.17) is 9.40 Å². The third-order valence-corrected chi connectivity index (χ3v) is 9.02. The van der Waals surface area contributed by atoms with Crippen molar-refractivity contribution in [2.24, 2.45) is 0 Å². The van der Waals surface area contributed by atoms with Crippen LogP contribution in [-0.4, -0.2) is 4.98 Å². The van der Waals surface area contributed by atoms with Crippen molar-refractivity contribution in [2.45, 2.75) is 0 Å². The standard InChI is InChI=1S/C45H31N3O/c1-6-16-32(17-7-1)45-46-43-41-30-37(47(33-18-8-2-9-19-33)34-20-10-3-11-21-34)26-28-39(41)40-29-27-38(31-42(40)44(43)49-45)48(35-22-12-4-13-23-35)36-24-14-5-15-25-36/h1-31H. The van der Waals surface area contributed by atoms with E-state index in [1.807, 2.05) is 54.6 Å². The van der Waals surface area contributed by atoms with E-state index in [1.54, 1.807) is 0 Å². The van der Waals surface area contributed by atoms with Crippen LogP contribution in [-0.2, 0) is 0 Å². The molecule has 0 aliphatic carbocycles. The number of aromatic nitrogens is 1. The smallest absolute Gasteiger partial charge is 0.227 e. The second-order valence-corrected chi connectivity index (χ2v) is 12.0. The van der Waals surface area contributed by atoms with Gasteiger partial charge in [-0.25, -0.2) is 4.98 Å². The Kier molecular flexibility index (Phi) is 7.10. The Morgan fingerprint density at radius 1 is 0.347 bits per heavy atom. The molecule has 0 radical (unpaired) electrons. The molecule has 0 saturated heterocycles. The van der Waals surface area contributed by atoms with E-state index in [1.165, 1.54) is 0 Å². The summed E-state index contributed by atoms with van der Waals surface area (Å²) < 4.78 is 6.75. The Morgan fingerprint density at radius 2 is 0.735 bits per heavy atom. The maximum Gasteiger partial charge on any atom is 0.227 e. The van der Waals surface area contributed by atoms with Crippen LogP contribution in [0.1, 0.15) is 0 Å². The maximum atomic E-state index is 6.75. The van der Waals surface area contributed by atoms with Crippen molar-refractivity contribution in [1.82, 2.24) is 4.98 Å². The zero-order valence-electron chi connectivity index (χ0n) is 26.6. The fraction of sp³-hybridized carbons (Fsp3) is 0. The van der Waals surface area contributed by atoms with Gasteiger partial charge < -0.3 is 14.2 Å². The summed E-state index contributed by atoms with van der Waals surface area (Å²) in [6.07, 6.45) is 0. The lowest BCUT2D eigenvalue weighted by Gasteiger charge is -2.26. The molecule has 4 heteroatoms. The molecule has 1 heterocycles. The summed E-state index contributed by atoms with van der Waals surface area (Å²) in [5.74, 6) is 0.603. The molecule has 0 fully saturated rings. The molecule has 0 spiro atoms. The molecule has 4 nitrogen and oxygen atoms in total. The van der Waals surface area contributed by atoms with Gasteiger partial charge in [-0.1, -0.05) is 103 Å². The molecule has 9 aromatic rings. The van der Waals surface area contributed by atoms with Crippen molar-refractivity contribution in [3.05, 3.63) is 188 Å². The number of hydrogen-bond acceptors (Lipinski definition) is 4. The van der Waals surface area contributed by atoms with Gasteiger partial charge in [0.1, 0.15) is 5.52 Å². The van der Waals surface area contributed by atoms with Crippen molar-refractivity contribution in [2.75, 3.05) is 9.80 Å². The van der Waals surface area contributed by atoms with Crippen LogP contribution in [0.15, 0.2) is 192 Å². The largest absolute Gasteiger partial charge is 0.435 e. The van der Waals surface area contributed by atoms with Crippen molar-refractivity contribution < 1.29 is 4.42 Å². The van der Waals surface area contributed by atoms with Crippen molar-refractivity contribution >= 4 is 66.8 Å². The minimum atomic E-state index is 0.603. The van der Waals surface area contributed by atoms with E-state index in [2.05, 4.69) is 143 Å². The van der Waals surface area contributed by atoms with Crippen molar-refractivity contribution in [3.8, 4) is 11.5 Å².